The van der Waals surface area contributed by atoms with E-state index < -0.39 is 0 Å². The third-order valence-electron chi connectivity index (χ3n) is 3.56. The van der Waals surface area contributed by atoms with Crippen LogP contribution in [-0.4, -0.2) is 12.1 Å². The maximum Gasteiger partial charge on any atom is 0.319 e. The first-order chi connectivity index (χ1) is 9.10. The van der Waals surface area contributed by atoms with Crippen molar-refractivity contribution in [1.82, 2.24) is 5.32 Å². The maximum atomic E-state index is 11.9. The van der Waals surface area contributed by atoms with Gasteiger partial charge in [0.15, 0.2) is 0 Å². The van der Waals surface area contributed by atoms with Crippen molar-refractivity contribution in [3.8, 4) is 0 Å². The fraction of sp³-hybridized carbons (Fsp3) is 0.533. The van der Waals surface area contributed by atoms with Gasteiger partial charge in [0.05, 0.1) is 0 Å². The average molecular weight is 263 g/mol. The number of rotatable bonds is 6. The number of benzene rings is 1. The fourth-order valence-corrected chi connectivity index (χ4v) is 2.21. The number of nitrogens with one attached hydrogen (secondary N) is 2. The minimum Gasteiger partial charge on any atom is -0.335 e. The van der Waals surface area contributed by atoms with Crippen LogP contribution in [0.5, 0.6) is 0 Å². The highest BCUT2D eigenvalue weighted by atomic mass is 16.2. The topological polar surface area (TPSA) is 67.2 Å². The molecule has 0 bridgehead atoms. The van der Waals surface area contributed by atoms with E-state index in [1.807, 2.05) is 24.3 Å². The van der Waals surface area contributed by atoms with Crippen molar-refractivity contribution >= 4 is 11.7 Å². The highest BCUT2D eigenvalue weighted by Gasteiger charge is 2.15. The van der Waals surface area contributed by atoms with E-state index >= 15 is 0 Å². The minimum absolute atomic E-state index is 0.153. The first-order valence-electron chi connectivity index (χ1n) is 6.97. The van der Waals surface area contributed by atoms with Gasteiger partial charge in [-0.2, -0.15) is 0 Å². The predicted octanol–water partition coefficient (Wildman–Crippen LogP) is 3.09. The Morgan fingerprint density at radius 1 is 1.21 bits per heavy atom. The molecule has 1 aromatic rings. The van der Waals surface area contributed by atoms with Crippen LogP contribution in [-0.2, 0) is 6.54 Å². The maximum absolute atomic E-state index is 11.9. The van der Waals surface area contributed by atoms with Crippen LogP contribution in [0.1, 0.15) is 39.2 Å². The zero-order valence-electron chi connectivity index (χ0n) is 12.1. The summed E-state index contributed by atoms with van der Waals surface area (Å²) < 4.78 is 0. The van der Waals surface area contributed by atoms with Crippen LogP contribution in [0.4, 0.5) is 10.5 Å². The highest BCUT2D eigenvalue weighted by Crippen LogP contribution is 2.13. The van der Waals surface area contributed by atoms with Crippen molar-refractivity contribution in [3.05, 3.63) is 29.8 Å². The molecule has 1 aromatic carbocycles. The van der Waals surface area contributed by atoms with Crippen LogP contribution in [0.3, 0.4) is 0 Å². The molecule has 0 fully saturated rings. The third kappa shape index (κ3) is 4.91. The molecule has 0 saturated heterocycles. The summed E-state index contributed by atoms with van der Waals surface area (Å²) in [6.07, 6.45) is 2.15. The SMILES string of the molecule is CCC(CC)C(C)NC(=O)Nc1ccc(CN)cc1. The highest BCUT2D eigenvalue weighted by molar-refractivity contribution is 5.89. The number of carbonyl (C=O) groups excluding carboxylic acids is 1. The van der Waals surface area contributed by atoms with E-state index in [0.29, 0.717) is 12.5 Å². The summed E-state index contributed by atoms with van der Waals surface area (Å²) in [5, 5.41) is 5.82. The molecule has 0 aliphatic carbocycles. The number of anilines is 1. The van der Waals surface area contributed by atoms with Gasteiger partial charge >= 0.3 is 6.03 Å². The number of amides is 2. The lowest BCUT2D eigenvalue weighted by molar-refractivity contribution is 0.243. The predicted molar refractivity (Wildman–Crippen MR) is 80.0 cm³/mol. The second-order valence-corrected chi connectivity index (χ2v) is 4.86. The van der Waals surface area contributed by atoms with Gasteiger partial charge in [0.2, 0.25) is 0 Å². The first-order valence-corrected chi connectivity index (χ1v) is 6.97. The number of hydrogen-bond donors (Lipinski definition) is 3. The van der Waals surface area contributed by atoms with Crippen molar-refractivity contribution in [2.24, 2.45) is 11.7 Å². The number of nitrogens with two attached hydrogens (primary N) is 1. The van der Waals surface area contributed by atoms with Gasteiger partial charge in [-0.3, -0.25) is 0 Å². The molecule has 4 heteroatoms. The minimum atomic E-state index is -0.153. The second kappa shape index (κ2) is 7.79. The Bertz CT molecular complexity index is 385. The van der Waals surface area contributed by atoms with Crippen molar-refractivity contribution in [2.75, 3.05) is 5.32 Å². The Hall–Kier alpha value is -1.55. The van der Waals surface area contributed by atoms with Crippen LogP contribution in [0, 0.1) is 5.92 Å². The largest absolute Gasteiger partial charge is 0.335 e. The van der Waals surface area contributed by atoms with Crippen LogP contribution < -0.4 is 16.4 Å². The number of urea groups is 1. The molecule has 0 aliphatic heterocycles. The third-order valence-corrected chi connectivity index (χ3v) is 3.56. The Labute approximate surface area is 115 Å². The molecular weight excluding hydrogens is 238 g/mol. The second-order valence-electron chi connectivity index (χ2n) is 4.86. The molecule has 0 aliphatic rings. The van der Waals surface area contributed by atoms with Gasteiger partial charge in [-0.05, 0) is 30.5 Å². The number of carbonyl (C=O) groups is 1. The van der Waals surface area contributed by atoms with Crippen LogP contribution in [0.2, 0.25) is 0 Å². The van der Waals surface area contributed by atoms with Crippen LogP contribution >= 0.6 is 0 Å². The van der Waals surface area contributed by atoms with Gasteiger partial charge in [0, 0.05) is 18.3 Å². The van der Waals surface area contributed by atoms with E-state index in [-0.39, 0.29) is 12.1 Å². The molecule has 1 atom stereocenters. The molecule has 4 nitrogen and oxygen atoms in total. The molecule has 0 radical (unpaired) electrons. The summed E-state index contributed by atoms with van der Waals surface area (Å²) in [6.45, 7) is 6.86. The standard InChI is InChI=1S/C15H25N3O/c1-4-13(5-2)11(3)17-15(19)18-14-8-6-12(10-16)7-9-14/h6-9,11,13H,4-5,10,16H2,1-3H3,(H2,17,18,19). The lowest BCUT2D eigenvalue weighted by Crippen LogP contribution is -2.40. The van der Waals surface area contributed by atoms with Crippen molar-refractivity contribution in [2.45, 2.75) is 46.2 Å². The summed E-state index contributed by atoms with van der Waals surface area (Å²) in [5.74, 6) is 0.519. The molecule has 19 heavy (non-hydrogen) atoms. The monoisotopic (exact) mass is 263 g/mol. The molecule has 2 amide bonds. The Morgan fingerprint density at radius 3 is 2.26 bits per heavy atom. The summed E-state index contributed by atoms with van der Waals surface area (Å²) in [6, 6.07) is 7.59. The molecule has 0 spiro atoms. The van der Waals surface area contributed by atoms with Gasteiger partial charge in [-0.25, -0.2) is 4.79 Å². The average Bonchev–Trinajstić information content (AvgIpc) is 2.40. The number of hydrogen-bond acceptors (Lipinski definition) is 2. The molecule has 1 unspecified atom stereocenters. The van der Waals surface area contributed by atoms with Crippen molar-refractivity contribution < 1.29 is 4.79 Å². The van der Waals surface area contributed by atoms with E-state index in [4.69, 9.17) is 5.73 Å². The van der Waals surface area contributed by atoms with E-state index in [0.717, 1.165) is 24.1 Å². The molecule has 0 heterocycles. The zero-order valence-corrected chi connectivity index (χ0v) is 12.1. The van der Waals surface area contributed by atoms with Gasteiger partial charge in [0.25, 0.3) is 0 Å². The van der Waals surface area contributed by atoms with Crippen molar-refractivity contribution in [1.29, 1.82) is 0 Å². The Morgan fingerprint density at radius 2 is 1.79 bits per heavy atom. The molecule has 0 aromatic heterocycles. The summed E-state index contributed by atoms with van der Waals surface area (Å²) in [5.41, 5.74) is 7.37. The zero-order chi connectivity index (χ0) is 14.3. The van der Waals surface area contributed by atoms with Crippen molar-refractivity contribution in [3.63, 3.8) is 0 Å². The molecule has 0 saturated carbocycles. The van der Waals surface area contributed by atoms with Crippen LogP contribution in [0.15, 0.2) is 24.3 Å². The quantitative estimate of drug-likeness (QED) is 0.738. The smallest absolute Gasteiger partial charge is 0.319 e. The molecule has 4 N–H and O–H groups in total. The van der Waals surface area contributed by atoms with Gasteiger partial charge in [-0.15, -0.1) is 0 Å². The molecular formula is C15H25N3O. The van der Waals surface area contributed by atoms with Gasteiger partial charge in [-0.1, -0.05) is 38.8 Å². The van der Waals surface area contributed by atoms with Gasteiger partial charge < -0.3 is 16.4 Å². The molecule has 106 valence electrons. The van der Waals surface area contributed by atoms with E-state index in [1.54, 1.807) is 0 Å². The molecule has 1 rings (SSSR count). The lowest BCUT2D eigenvalue weighted by Gasteiger charge is -2.22. The van der Waals surface area contributed by atoms with E-state index in [1.165, 1.54) is 0 Å². The Kier molecular flexibility index (Phi) is 6.36. The van der Waals surface area contributed by atoms with Crippen LogP contribution in [0.25, 0.3) is 0 Å². The fourth-order valence-electron chi connectivity index (χ4n) is 2.21. The summed E-state index contributed by atoms with van der Waals surface area (Å²) in [7, 11) is 0. The van der Waals surface area contributed by atoms with E-state index in [2.05, 4.69) is 31.4 Å². The Balaban J connectivity index is 2.50. The lowest BCUT2D eigenvalue weighted by atomic mass is 9.96. The summed E-state index contributed by atoms with van der Waals surface area (Å²) in [4.78, 5) is 11.9. The normalized spacial score (nSPS) is 12.3. The summed E-state index contributed by atoms with van der Waals surface area (Å²) >= 11 is 0. The van der Waals surface area contributed by atoms with E-state index in [9.17, 15) is 4.79 Å². The van der Waals surface area contributed by atoms with Gasteiger partial charge in [0.1, 0.15) is 0 Å². The first kappa shape index (κ1) is 15.5.